The fraction of sp³-hybridized carbons (Fsp3) is 0.160. The van der Waals surface area contributed by atoms with Crippen molar-refractivity contribution < 1.29 is 19.1 Å². The van der Waals surface area contributed by atoms with Crippen LogP contribution >= 0.6 is 0 Å². The number of amides is 3. The van der Waals surface area contributed by atoms with Gasteiger partial charge in [0.15, 0.2) is 0 Å². The maximum Gasteiger partial charge on any atom is 0.269 e. The van der Waals surface area contributed by atoms with Crippen molar-refractivity contribution in [2.75, 3.05) is 11.9 Å². The van der Waals surface area contributed by atoms with Crippen molar-refractivity contribution in [2.24, 2.45) is 0 Å². The van der Waals surface area contributed by atoms with Gasteiger partial charge in [-0.05, 0) is 61.0 Å². The molecule has 32 heavy (non-hydrogen) atoms. The van der Waals surface area contributed by atoms with Crippen LogP contribution in [0, 0.1) is 0 Å². The predicted molar refractivity (Wildman–Crippen MR) is 123 cm³/mol. The number of hydrazine groups is 1. The van der Waals surface area contributed by atoms with E-state index in [0.717, 1.165) is 12.8 Å². The van der Waals surface area contributed by atoms with Gasteiger partial charge in [0.2, 0.25) is 0 Å². The first-order valence-electron chi connectivity index (χ1n) is 10.4. The number of carbonyl (C=O) groups excluding carboxylic acids is 3. The molecule has 7 heteroatoms. The summed E-state index contributed by atoms with van der Waals surface area (Å²) in [4.78, 5) is 36.9. The van der Waals surface area contributed by atoms with Crippen molar-refractivity contribution in [1.82, 2.24) is 10.9 Å². The van der Waals surface area contributed by atoms with Gasteiger partial charge >= 0.3 is 0 Å². The molecular formula is C25H25N3O4. The molecule has 3 rings (SSSR count). The highest BCUT2D eigenvalue weighted by Crippen LogP contribution is 2.14. The van der Waals surface area contributed by atoms with Gasteiger partial charge < -0.3 is 10.1 Å². The van der Waals surface area contributed by atoms with Gasteiger partial charge in [0.25, 0.3) is 17.7 Å². The van der Waals surface area contributed by atoms with Crippen molar-refractivity contribution >= 4 is 23.4 Å². The SMILES string of the molecule is CCCCOc1cccc(C(=O)NNC(=O)c2ccc(NC(=O)c3ccccc3)cc2)c1. The summed E-state index contributed by atoms with van der Waals surface area (Å²) in [6, 6.07) is 22.0. The molecule has 0 aliphatic rings. The number of carbonyl (C=O) groups is 3. The molecule has 0 unspecified atom stereocenters. The van der Waals surface area contributed by atoms with E-state index in [1.165, 1.54) is 0 Å². The molecule has 0 bridgehead atoms. The summed E-state index contributed by atoms with van der Waals surface area (Å²) >= 11 is 0. The second kappa shape index (κ2) is 11.3. The topological polar surface area (TPSA) is 96.5 Å². The lowest BCUT2D eigenvalue weighted by molar-refractivity contribution is 0.0846. The smallest absolute Gasteiger partial charge is 0.269 e. The minimum Gasteiger partial charge on any atom is -0.494 e. The van der Waals surface area contributed by atoms with E-state index in [4.69, 9.17) is 4.74 Å². The number of hydrogen-bond acceptors (Lipinski definition) is 4. The molecule has 0 heterocycles. The van der Waals surface area contributed by atoms with E-state index in [0.29, 0.717) is 34.7 Å². The Morgan fingerprint density at radius 3 is 2.03 bits per heavy atom. The van der Waals surface area contributed by atoms with Gasteiger partial charge in [-0.25, -0.2) is 0 Å². The van der Waals surface area contributed by atoms with Crippen LogP contribution in [0.2, 0.25) is 0 Å². The van der Waals surface area contributed by atoms with Gasteiger partial charge in [0, 0.05) is 22.4 Å². The van der Waals surface area contributed by atoms with Crippen molar-refractivity contribution in [3.05, 3.63) is 95.6 Å². The van der Waals surface area contributed by atoms with Crippen molar-refractivity contribution in [3.63, 3.8) is 0 Å². The van der Waals surface area contributed by atoms with E-state index in [9.17, 15) is 14.4 Å². The third-order valence-electron chi connectivity index (χ3n) is 4.59. The Morgan fingerprint density at radius 2 is 1.34 bits per heavy atom. The Labute approximate surface area is 186 Å². The number of ether oxygens (including phenoxy) is 1. The predicted octanol–water partition coefficient (Wildman–Crippen LogP) is 4.19. The number of hydrogen-bond donors (Lipinski definition) is 3. The third-order valence-corrected chi connectivity index (χ3v) is 4.59. The second-order valence-corrected chi connectivity index (χ2v) is 7.04. The van der Waals surface area contributed by atoms with Crippen LogP contribution in [0.4, 0.5) is 5.69 Å². The minimum absolute atomic E-state index is 0.240. The molecule has 0 saturated carbocycles. The fourth-order valence-corrected chi connectivity index (χ4v) is 2.82. The Hall–Kier alpha value is -4.13. The van der Waals surface area contributed by atoms with Crippen LogP contribution in [0.3, 0.4) is 0 Å². The van der Waals surface area contributed by atoms with Crippen LogP contribution in [0.5, 0.6) is 5.75 Å². The maximum atomic E-state index is 12.3. The number of anilines is 1. The van der Waals surface area contributed by atoms with Crippen LogP contribution in [-0.2, 0) is 0 Å². The van der Waals surface area contributed by atoms with Gasteiger partial charge in [-0.3, -0.25) is 25.2 Å². The molecule has 3 aromatic carbocycles. The lowest BCUT2D eigenvalue weighted by atomic mass is 10.1. The van der Waals surface area contributed by atoms with Crippen LogP contribution in [-0.4, -0.2) is 24.3 Å². The molecule has 0 atom stereocenters. The molecule has 0 aromatic heterocycles. The highest BCUT2D eigenvalue weighted by Gasteiger charge is 2.11. The van der Waals surface area contributed by atoms with Crippen molar-refractivity contribution in [1.29, 1.82) is 0 Å². The molecule has 0 spiro atoms. The number of rotatable bonds is 8. The zero-order chi connectivity index (χ0) is 22.8. The first kappa shape index (κ1) is 22.6. The number of unbranched alkanes of at least 4 members (excludes halogenated alkanes) is 1. The minimum atomic E-state index is -0.477. The summed E-state index contributed by atoms with van der Waals surface area (Å²) in [5.41, 5.74) is 6.58. The van der Waals surface area contributed by atoms with Gasteiger partial charge in [-0.2, -0.15) is 0 Å². The van der Waals surface area contributed by atoms with Gasteiger partial charge in [0.05, 0.1) is 6.61 Å². The molecular weight excluding hydrogens is 406 g/mol. The first-order valence-corrected chi connectivity index (χ1v) is 10.4. The second-order valence-electron chi connectivity index (χ2n) is 7.04. The zero-order valence-corrected chi connectivity index (χ0v) is 17.8. The van der Waals surface area contributed by atoms with Crippen molar-refractivity contribution in [2.45, 2.75) is 19.8 Å². The Kier molecular flexibility index (Phi) is 7.97. The molecule has 7 nitrogen and oxygen atoms in total. The van der Waals surface area contributed by atoms with E-state index in [1.807, 2.05) is 6.07 Å². The van der Waals surface area contributed by atoms with Gasteiger partial charge in [0.1, 0.15) is 5.75 Å². The quantitative estimate of drug-likeness (QED) is 0.368. The largest absolute Gasteiger partial charge is 0.494 e. The van der Waals surface area contributed by atoms with E-state index < -0.39 is 11.8 Å². The van der Waals surface area contributed by atoms with E-state index in [2.05, 4.69) is 23.1 Å². The molecule has 0 aliphatic heterocycles. The molecule has 3 N–H and O–H groups in total. The van der Waals surface area contributed by atoms with Crippen LogP contribution in [0.25, 0.3) is 0 Å². The summed E-state index contributed by atoms with van der Waals surface area (Å²) < 4.78 is 5.60. The summed E-state index contributed by atoms with van der Waals surface area (Å²) in [6.45, 7) is 2.66. The van der Waals surface area contributed by atoms with E-state index in [1.54, 1.807) is 72.8 Å². The Bertz CT molecular complexity index is 1070. The lowest BCUT2D eigenvalue weighted by Gasteiger charge is -2.10. The average molecular weight is 431 g/mol. The number of nitrogens with one attached hydrogen (secondary N) is 3. The monoisotopic (exact) mass is 431 g/mol. The standard InChI is InChI=1S/C25H25N3O4/c1-2-3-16-32-22-11-7-10-20(17-22)25(31)28-27-24(30)19-12-14-21(15-13-19)26-23(29)18-8-5-4-6-9-18/h4-15,17H,2-3,16H2,1H3,(H,26,29)(H,27,30)(H,28,31). The van der Waals surface area contributed by atoms with Crippen LogP contribution < -0.4 is 20.9 Å². The van der Waals surface area contributed by atoms with E-state index >= 15 is 0 Å². The summed E-state index contributed by atoms with van der Waals surface area (Å²) in [7, 11) is 0. The highest BCUT2D eigenvalue weighted by molar-refractivity contribution is 6.04. The normalized spacial score (nSPS) is 10.2. The van der Waals surface area contributed by atoms with Crippen LogP contribution in [0.1, 0.15) is 50.8 Å². The zero-order valence-electron chi connectivity index (χ0n) is 17.8. The average Bonchev–Trinajstić information content (AvgIpc) is 2.83. The lowest BCUT2D eigenvalue weighted by Crippen LogP contribution is -2.41. The molecule has 0 aliphatic carbocycles. The van der Waals surface area contributed by atoms with Crippen LogP contribution in [0.15, 0.2) is 78.9 Å². The molecule has 3 amide bonds. The summed E-state index contributed by atoms with van der Waals surface area (Å²) in [5.74, 6) is -0.567. The number of benzene rings is 3. The Balaban J connectivity index is 1.52. The molecule has 3 aromatic rings. The summed E-state index contributed by atoms with van der Waals surface area (Å²) in [6.07, 6.45) is 1.95. The highest BCUT2D eigenvalue weighted by atomic mass is 16.5. The Morgan fingerprint density at radius 1 is 0.719 bits per heavy atom. The first-order chi connectivity index (χ1) is 15.6. The summed E-state index contributed by atoms with van der Waals surface area (Å²) in [5, 5.41) is 2.77. The molecule has 0 radical (unpaired) electrons. The molecule has 164 valence electrons. The van der Waals surface area contributed by atoms with Gasteiger partial charge in [-0.1, -0.05) is 37.6 Å². The molecule has 0 saturated heterocycles. The maximum absolute atomic E-state index is 12.3. The fourth-order valence-electron chi connectivity index (χ4n) is 2.82. The van der Waals surface area contributed by atoms with Gasteiger partial charge in [-0.15, -0.1) is 0 Å². The molecule has 0 fully saturated rings. The van der Waals surface area contributed by atoms with E-state index in [-0.39, 0.29) is 5.91 Å². The van der Waals surface area contributed by atoms with Crippen molar-refractivity contribution in [3.8, 4) is 5.75 Å². The third kappa shape index (κ3) is 6.43.